The van der Waals surface area contributed by atoms with E-state index in [9.17, 15) is 19.5 Å². The predicted octanol–water partition coefficient (Wildman–Crippen LogP) is 3.67. The highest BCUT2D eigenvalue weighted by atomic mass is 16.5. The van der Waals surface area contributed by atoms with Crippen LogP contribution >= 0.6 is 0 Å². The van der Waals surface area contributed by atoms with Crippen molar-refractivity contribution in [2.24, 2.45) is 0 Å². The van der Waals surface area contributed by atoms with Crippen LogP contribution in [-0.4, -0.2) is 42.3 Å². The normalized spacial score (nSPS) is 13.1. The van der Waals surface area contributed by atoms with Crippen LogP contribution in [0.15, 0.2) is 48.5 Å². The molecule has 0 aromatic heterocycles. The molecule has 2 aromatic rings. The highest BCUT2D eigenvalue weighted by Gasteiger charge is 2.29. The Morgan fingerprint density at radius 3 is 2.19 bits per heavy atom. The first-order chi connectivity index (χ1) is 15.0. The second kappa shape index (κ2) is 10.6. The molecule has 0 bridgehead atoms. The molecular weight excluding hydrogens is 396 g/mol. The van der Waals surface area contributed by atoms with Crippen molar-refractivity contribution in [1.82, 2.24) is 10.6 Å². The van der Waals surface area contributed by atoms with Crippen LogP contribution in [0.1, 0.15) is 49.7 Å². The molecule has 1 aliphatic rings. The van der Waals surface area contributed by atoms with Crippen molar-refractivity contribution in [3.05, 3.63) is 59.7 Å². The molecule has 0 heterocycles. The number of ether oxygens (including phenoxy) is 1. The summed E-state index contributed by atoms with van der Waals surface area (Å²) in [5.41, 5.74) is 4.46. The highest BCUT2D eigenvalue weighted by molar-refractivity contribution is 5.81. The molecule has 0 saturated carbocycles. The number of aliphatic carboxylic acids is 1. The number of carbonyl (C=O) groups is 3. The van der Waals surface area contributed by atoms with Gasteiger partial charge in [-0.15, -0.1) is 0 Å². The number of hydrogen-bond acceptors (Lipinski definition) is 4. The molecular formula is C24H28N2O5. The van der Waals surface area contributed by atoms with Gasteiger partial charge in [-0.1, -0.05) is 55.5 Å². The topological polar surface area (TPSA) is 105 Å². The summed E-state index contributed by atoms with van der Waals surface area (Å²) >= 11 is 0. The van der Waals surface area contributed by atoms with Crippen molar-refractivity contribution < 1.29 is 24.2 Å². The number of fused-ring (bicyclic) bond motifs is 3. The van der Waals surface area contributed by atoms with Crippen LogP contribution in [0.3, 0.4) is 0 Å². The maximum absolute atomic E-state index is 12.3. The largest absolute Gasteiger partial charge is 0.480 e. The van der Waals surface area contributed by atoms with Crippen molar-refractivity contribution in [1.29, 1.82) is 0 Å². The van der Waals surface area contributed by atoms with Crippen LogP contribution in [0.5, 0.6) is 0 Å². The van der Waals surface area contributed by atoms with Gasteiger partial charge in [0.1, 0.15) is 12.6 Å². The minimum absolute atomic E-state index is 0.0356. The summed E-state index contributed by atoms with van der Waals surface area (Å²) in [7, 11) is 0. The predicted molar refractivity (Wildman–Crippen MR) is 117 cm³/mol. The number of alkyl carbamates (subject to hydrolysis) is 1. The summed E-state index contributed by atoms with van der Waals surface area (Å²) in [5.74, 6) is -1.22. The van der Waals surface area contributed by atoms with E-state index in [0.29, 0.717) is 25.8 Å². The van der Waals surface area contributed by atoms with Crippen LogP contribution in [0.4, 0.5) is 4.79 Å². The number of nitrogens with one attached hydrogen (secondary N) is 2. The van der Waals surface area contributed by atoms with Gasteiger partial charge in [-0.05, 0) is 41.5 Å². The van der Waals surface area contributed by atoms with E-state index in [1.165, 1.54) is 0 Å². The van der Waals surface area contributed by atoms with Gasteiger partial charge in [0.15, 0.2) is 0 Å². The summed E-state index contributed by atoms with van der Waals surface area (Å²) in [6, 6.07) is 15.0. The number of carbonyl (C=O) groups excluding carboxylic acids is 2. The zero-order valence-electron chi connectivity index (χ0n) is 17.6. The molecule has 7 nitrogen and oxygen atoms in total. The quantitative estimate of drug-likeness (QED) is 0.505. The first-order valence-corrected chi connectivity index (χ1v) is 10.6. The molecule has 0 spiro atoms. The molecule has 31 heavy (non-hydrogen) atoms. The fourth-order valence-electron chi connectivity index (χ4n) is 3.87. The molecule has 7 heteroatoms. The smallest absolute Gasteiger partial charge is 0.407 e. The van der Waals surface area contributed by atoms with Gasteiger partial charge in [-0.2, -0.15) is 0 Å². The third-order valence-electron chi connectivity index (χ3n) is 5.50. The Bertz CT molecular complexity index is 898. The van der Waals surface area contributed by atoms with Gasteiger partial charge in [0.25, 0.3) is 0 Å². The molecule has 3 rings (SSSR count). The van der Waals surface area contributed by atoms with Gasteiger partial charge < -0.3 is 20.5 Å². The number of amides is 2. The highest BCUT2D eigenvalue weighted by Crippen LogP contribution is 2.44. The van der Waals surface area contributed by atoms with E-state index in [1.807, 2.05) is 36.4 Å². The number of unbranched alkanes of at least 4 members (excludes halogenated alkanes) is 1. The van der Waals surface area contributed by atoms with Gasteiger partial charge in [0, 0.05) is 18.9 Å². The lowest BCUT2D eigenvalue weighted by molar-refractivity contribution is -0.139. The molecule has 164 valence electrons. The zero-order valence-corrected chi connectivity index (χ0v) is 17.6. The monoisotopic (exact) mass is 424 g/mol. The van der Waals surface area contributed by atoms with Crippen molar-refractivity contribution in [2.45, 2.75) is 44.6 Å². The number of benzene rings is 2. The molecule has 3 N–H and O–H groups in total. The van der Waals surface area contributed by atoms with Crippen LogP contribution < -0.4 is 10.6 Å². The molecule has 0 fully saturated rings. The number of hydrogen-bond donors (Lipinski definition) is 3. The van der Waals surface area contributed by atoms with E-state index in [-0.39, 0.29) is 24.9 Å². The van der Waals surface area contributed by atoms with Crippen LogP contribution in [0.2, 0.25) is 0 Å². The average Bonchev–Trinajstić information content (AvgIpc) is 3.10. The lowest BCUT2D eigenvalue weighted by Crippen LogP contribution is -2.41. The summed E-state index contributed by atoms with van der Waals surface area (Å²) in [6.07, 6.45) is 1.14. The van der Waals surface area contributed by atoms with E-state index in [4.69, 9.17) is 4.74 Å². The molecule has 0 saturated heterocycles. The fourth-order valence-corrected chi connectivity index (χ4v) is 3.87. The SMILES string of the molecule is CCC(=O)NCCCC[C@H](NC(=O)OCC1c2ccccc2-c2ccccc21)C(=O)O. The Kier molecular flexibility index (Phi) is 7.65. The summed E-state index contributed by atoms with van der Waals surface area (Å²) < 4.78 is 5.42. The standard InChI is InChI=1S/C24H28N2O5/c1-2-22(27)25-14-8-7-13-21(23(28)29)26-24(30)31-15-20-18-11-5-3-9-16(18)17-10-4-6-12-19(17)20/h3-6,9-12,20-21H,2,7-8,13-15H2,1H3,(H,25,27)(H,26,30)(H,28,29)/t21-/m0/s1. The maximum atomic E-state index is 12.3. The number of carboxylic acid groups (broad SMARTS) is 1. The fraction of sp³-hybridized carbons (Fsp3) is 0.375. The Morgan fingerprint density at radius 1 is 1.00 bits per heavy atom. The zero-order chi connectivity index (χ0) is 22.2. The maximum Gasteiger partial charge on any atom is 0.407 e. The molecule has 2 amide bonds. The van der Waals surface area contributed by atoms with Crippen LogP contribution in [0.25, 0.3) is 11.1 Å². The Hall–Kier alpha value is -3.35. The van der Waals surface area contributed by atoms with Crippen molar-refractivity contribution >= 4 is 18.0 Å². The number of carboxylic acids is 1. The number of rotatable bonds is 10. The second-order valence-electron chi connectivity index (χ2n) is 7.56. The van der Waals surface area contributed by atoms with Crippen LogP contribution in [0, 0.1) is 0 Å². The van der Waals surface area contributed by atoms with Gasteiger partial charge in [-0.25, -0.2) is 9.59 Å². The lowest BCUT2D eigenvalue weighted by atomic mass is 9.98. The third-order valence-corrected chi connectivity index (χ3v) is 5.50. The van der Waals surface area contributed by atoms with Gasteiger partial charge in [0.05, 0.1) is 0 Å². The Labute approximate surface area is 181 Å². The van der Waals surface area contributed by atoms with Crippen molar-refractivity contribution in [2.75, 3.05) is 13.2 Å². The van der Waals surface area contributed by atoms with Crippen molar-refractivity contribution in [3.8, 4) is 11.1 Å². The average molecular weight is 424 g/mol. The molecule has 0 unspecified atom stereocenters. The van der Waals surface area contributed by atoms with E-state index in [0.717, 1.165) is 22.3 Å². The first-order valence-electron chi connectivity index (χ1n) is 10.6. The molecule has 1 aliphatic carbocycles. The minimum Gasteiger partial charge on any atom is -0.480 e. The first kappa shape index (κ1) is 22.3. The van der Waals surface area contributed by atoms with E-state index < -0.39 is 18.1 Å². The third kappa shape index (κ3) is 5.63. The second-order valence-corrected chi connectivity index (χ2v) is 7.56. The summed E-state index contributed by atoms with van der Waals surface area (Å²) in [5, 5.41) is 14.6. The summed E-state index contributed by atoms with van der Waals surface area (Å²) in [4.78, 5) is 35.0. The van der Waals surface area contributed by atoms with Crippen molar-refractivity contribution in [3.63, 3.8) is 0 Å². The lowest BCUT2D eigenvalue weighted by Gasteiger charge is -2.17. The molecule has 0 radical (unpaired) electrons. The Balaban J connectivity index is 1.52. The summed E-state index contributed by atoms with van der Waals surface area (Å²) in [6.45, 7) is 2.40. The van der Waals surface area contributed by atoms with E-state index >= 15 is 0 Å². The van der Waals surface area contributed by atoms with E-state index in [2.05, 4.69) is 22.8 Å². The minimum atomic E-state index is -1.11. The van der Waals surface area contributed by atoms with Gasteiger partial charge in [-0.3, -0.25) is 4.79 Å². The van der Waals surface area contributed by atoms with Gasteiger partial charge >= 0.3 is 12.1 Å². The van der Waals surface area contributed by atoms with E-state index in [1.54, 1.807) is 6.92 Å². The van der Waals surface area contributed by atoms with Crippen LogP contribution in [-0.2, 0) is 14.3 Å². The molecule has 2 aromatic carbocycles. The van der Waals surface area contributed by atoms with Gasteiger partial charge in [0.2, 0.25) is 5.91 Å². The molecule has 0 aliphatic heterocycles. The molecule has 1 atom stereocenters. The Morgan fingerprint density at radius 2 is 1.61 bits per heavy atom.